The van der Waals surface area contributed by atoms with Crippen LogP contribution in [0.3, 0.4) is 0 Å². The minimum atomic E-state index is -0.427. The molecular weight excluding hydrogens is 298 g/mol. The Labute approximate surface area is 133 Å². The first-order valence-electron chi connectivity index (χ1n) is 6.87. The number of benzene rings is 2. The van der Waals surface area contributed by atoms with Crippen LogP contribution in [-0.2, 0) is 4.74 Å². The molecule has 2 N–H and O–H groups in total. The van der Waals surface area contributed by atoms with Gasteiger partial charge in [-0.1, -0.05) is 0 Å². The van der Waals surface area contributed by atoms with Crippen LogP contribution in [0, 0.1) is 0 Å². The molecule has 0 aliphatic rings. The van der Waals surface area contributed by atoms with Gasteiger partial charge in [0.1, 0.15) is 11.5 Å². The highest BCUT2D eigenvalue weighted by Gasteiger charge is 2.15. The van der Waals surface area contributed by atoms with E-state index in [4.69, 9.17) is 0 Å². The lowest BCUT2D eigenvalue weighted by Gasteiger charge is -2.19. The fourth-order valence-corrected chi connectivity index (χ4v) is 2.12. The predicted octanol–water partition coefficient (Wildman–Crippen LogP) is 2.20. The molecule has 6 heteroatoms. The fourth-order valence-electron chi connectivity index (χ4n) is 2.12. The number of likely N-dealkylation sites (N-methyl/N-ethyl adjacent to an activating group) is 1. The highest BCUT2D eigenvalue weighted by molar-refractivity contribution is 6.01. The summed E-state index contributed by atoms with van der Waals surface area (Å²) >= 11 is 0. The number of hydrogen-bond donors (Lipinski definition) is 2. The molecule has 0 spiro atoms. The molecule has 0 heterocycles. The highest BCUT2D eigenvalue weighted by atomic mass is 16.5. The second kappa shape index (κ2) is 6.83. The zero-order chi connectivity index (χ0) is 17.0. The first-order chi connectivity index (χ1) is 10.9. The minimum absolute atomic E-state index is 0.0376. The Bertz CT molecular complexity index is 724. The number of carbonyl (C=O) groups is 2. The maximum atomic E-state index is 12.2. The van der Waals surface area contributed by atoms with E-state index in [1.165, 1.54) is 19.2 Å². The number of esters is 1. The van der Waals surface area contributed by atoms with Crippen LogP contribution in [0.25, 0.3) is 0 Å². The average Bonchev–Trinajstić information content (AvgIpc) is 2.54. The van der Waals surface area contributed by atoms with Crippen LogP contribution in [0.2, 0.25) is 0 Å². The summed E-state index contributed by atoms with van der Waals surface area (Å²) in [6.45, 7) is 0.0376. The lowest BCUT2D eigenvalue weighted by molar-refractivity contribution is 0.0600. The summed E-state index contributed by atoms with van der Waals surface area (Å²) in [6, 6.07) is 10.5. The molecule has 2 aromatic rings. The Kier molecular flexibility index (Phi) is 4.85. The summed E-state index contributed by atoms with van der Waals surface area (Å²) in [5, 5.41) is 19.0. The van der Waals surface area contributed by atoms with Crippen LogP contribution in [0.4, 0.5) is 5.69 Å². The smallest absolute Gasteiger partial charge is 0.337 e. The molecule has 120 valence electrons. The number of carbonyl (C=O) groups excluding carboxylic acids is 2. The van der Waals surface area contributed by atoms with Crippen molar-refractivity contribution in [2.24, 2.45) is 0 Å². The largest absolute Gasteiger partial charge is 0.508 e. The van der Waals surface area contributed by atoms with E-state index in [1.807, 2.05) is 0 Å². The Balaban J connectivity index is 2.10. The van der Waals surface area contributed by atoms with Gasteiger partial charge < -0.3 is 19.8 Å². The van der Waals surface area contributed by atoms with Crippen molar-refractivity contribution in [2.45, 2.75) is 0 Å². The van der Waals surface area contributed by atoms with Gasteiger partial charge in [0.15, 0.2) is 5.78 Å². The van der Waals surface area contributed by atoms with Crippen LogP contribution in [0.5, 0.6) is 11.5 Å². The lowest BCUT2D eigenvalue weighted by atomic mass is 10.1. The van der Waals surface area contributed by atoms with Crippen molar-refractivity contribution in [1.82, 2.24) is 0 Å². The minimum Gasteiger partial charge on any atom is -0.508 e. The predicted molar refractivity (Wildman–Crippen MR) is 85.2 cm³/mol. The van der Waals surface area contributed by atoms with Gasteiger partial charge in [0.2, 0.25) is 0 Å². The lowest BCUT2D eigenvalue weighted by Crippen LogP contribution is -2.25. The van der Waals surface area contributed by atoms with E-state index in [0.29, 0.717) is 5.56 Å². The number of methoxy groups -OCH3 is 1. The van der Waals surface area contributed by atoms with E-state index in [1.54, 1.807) is 36.2 Å². The van der Waals surface area contributed by atoms with E-state index < -0.39 is 5.97 Å². The van der Waals surface area contributed by atoms with E-state index >= 15 is 0 Å². The summed E-state index contributed by atoms with van der Waals surface area (Å²) in [5.41, 5.74) is 1.30. The Morgan fingerprint density at radius 1 is 1.09 bits per heavy atom. The summed E-state index contributed by atoms with van der Waals surface area (Å²) in [4.78, 5) is 25.3. The Morgan fingerprint density at radius 2 is 1.74 bits per heavy atom. The number of aromatic hydroxyl groups is 2. The average molecular weight is 315 g/mol. The van der Waals surface area contributed by atoms with Crippen molar-refractivity contribution in [2.75, 3.05) is 25.6 Å². The molecule has 0 saturated heterocycles. The molecule has 0 unspecified atom stereocenters. The van der Waals surface area contributed by atoms with Crippen molar-refractivity contribution >= 4 is 17.4 Å². The van der Waals surface area contributed by atoms with Crippen molar-refractivity contribution in [3.05, 3.63) is 53.6 Å². The van der Waals surface area contributed by atoms with Crippen molar-refractivity contribution in [3.8, 4) is 11.5 Å². The van der Waals surface area contributed by atoms with Gasteiger partial charge in [0, 0.05) is 18.8 Å². The number of phenolic OH excluding ortho intramolecular Hbond substituents is 2. The van der Waals surface area contributed by atoms with Crippen LogP contribution in [0.1, 0.15) is 20.7 Å². The molecule has 0 radical (unpaired) electrons. The molecule has 0 bridgehead atoms. The number of ketones is 1. The summed E-state index contributed by atoms with van der Waals surface area (Å²) in [5.74, 6) is -1.08. The van der Waals surface area contributed by atoms with Crippen molar-refractivity contribution in [3.63, 3.8) is 0 Å². The summed E-state index contributed by atoms with van der Waals surface area (Å²) in [7, 11) is 3.04. The number of Topliss-reactive ketones (excluding diaryl/α,β-unsaturated/α-hetero) is 1. The van der Waals surface area contributed by atoms with Crippen LogP contribution in [0.15, 0.2) is 42.5 Å². The second-order valence-electron chi connectivity index (χ2n) is 5.02. The molecule has 0 fully saturated rings. The molecule has 0 atom stereocenters. The van der Waals surface area contributed by atoms with Gasteiger partial charge in [-0.15, -0.1) is 0 Å². The number of ether oxygens (including phenoxy) is 1. The van der Waals surface area contributed by atoms with Crippen LogP contribution < -0.4 is 4.90 Å². The van der Waals surface area contributed by atoms with E-state index in [2.05, 4.69) is 4.74 Å². The fraction of sp³-hybridized carbons (Fsp3) is 0.176. The van der Waals surface area contributed by atoms with Gasteiger partial charge in [-0.05, 0) is 36.4 Å². The molecule has 0 aliphatic carbocycles. The maximum absolute atomic E-state index is 12.2. The number of rotatable bonds is 5. The molecule has 2 rings (SSSR count). The zero-order valence-electron chi connectivity index (χ0n) is 12.8. The molecule has 2 aromatic carbocycles. The van der Waals surface area contributed by atoms with E-state index in [9.17, 15) is 19.8 Å². The number of phenols is 2. The third-order valence-corrected chi connectivity index (χ3v) is 3.39. The van der Waals surface area contributed by atoms with Gasteiger partial charge in [0.25, 0.3) is 0 Å². The van der Waals surface area contributed by atoms with Crippen LogP contribution >= 0.6 is 0 Å². The monoisotopic (exact) mass is 315 g/mol. The van der Waals surface area contributed by atoms with Gasteiger partial charge >= 0.3 is 5.97 Å². The summed E-state index contributed by atoms with van der Waals surface area (Å²) < 4.78 is 4.63. The molecule has 6 nitrogen and oxygen atoms in total. The zero-order valence-corrected chi connectivity index (χ0v) is 12.8. The van der Waals surface area contributed by atoms with Crippen LogP contribution in [-0.4, -0.2) is 42.7 Å². The van der Waals surface area contributed by atoms with Crippen molar-refractivity contribution in [1.29, 1.82) is 0 Å². The van der Waals surface area contributed by atoms with Gasteiger partial charge in [-0.3, -0.25) is 4.79 Å². The SMILES string of the molecule is COC(=O)c1ccc(N(C)CC(=O)c2ccc(O)cc2O)cc1. The molecular formula is C17H17NO5. The van der Waals surface area contributed by atoms with E-state index in [0.717, 1.165) is 11.8 Å². The number of nitrogens with zero attached hydrogens (tertiary/aromatic N) is 1. The Morgan fingerprint density at radius 3 is 2.30 bits per heavy atom. The second-order valence-corrected chi connectivity index (χ2v) is 5.02. The summed E-state index contributed by atoms with van der Waals surface area (Å²) in [6.07, 6.45) is 0. The standard InChI is InChI=1S/C17H17NO5/c1-18(12-5-3-11(4-6-12)17(22)23-2)10-16(21)14-8-7-13(19)9-15(14)20/h3-9,19-20H,10H2,1-2H3. The third-order valence-electron chi connectivity index (χ3n) is 3.39. The van der Waals surface area contributed by atoms with Gasteiger partial charge in [-0.25, -0.2) is 4.79 Å². The van der Waals surface area contributed by atoms with Gasteiger partial charge in [0.05, 0.1) is 24.8 Å². The number of hydrogen-bond acceptors (Lipinski definition) is 6. The maximum Gasteiger partial charge on any atom is 0.337 e. The number of anilines is 1. The van der Waals surface area contributed by atoms with Gasteiger partial charge in [-0.2, -0.15) is 0 Å². The van der Waals surface area contributed by atoms with E-state index in [-0.39, 0.29) is 29.4 Å². The normalized spacial score (nSPS) is 10.2. The molecule has 0 amide bonds. The quantitative estimate of drug-likeness (QED) is 0.650. The molecule has 0 aliphatic heterocycles. The Hall–Kier alpha value is -3.02. The van der Waals surface area contributed by atoms with Crippen molar-refractivity contribution < 1.29 is 24.5 Å². The first kappa shape index (κ1) is 16.4. The molecule has 0 saturated carbocycles. The topological polar surface area (TPSA) is 87.1 Å². The highest BCUT2D eigenvalue weighted by Crippen LogP contribution is 2.23. The molecule has 23 heavy (non-hydrogen) atoms. The first-order valence-corrected chi connectivity index (χ1v) is 6.87. The third kappa shape index (κ3) is 3.79. The molecule has 0 aromatic heterocycles.